The molecular formula is C20H31N2O5+. The van der Waals surface area contributed by atoms with E-state index in [2.05, 4.69) is 5.43 Å². The number of benzene rings is 1. The molecule has 0 spiro atoms. The minimum Gasteiger partial charge on any atom is -0.441 e. The number of amides is 2. The Morgan fingerprint density at radius 1 is 1.22 bits per heavy atom. The van der Waals surface area contributed by atoms with Crippen LogP contribution >= 0.6 is 0 Å². The highest BCUT2D eigenvalue weighted by molar-refractivity contribution is 5.69. The van der Waals surface area contributed by atoms with E-state index in [0.717, 1.165) is 12.0 Å². The lowest BCUT2D eigenvalue weighted by molar-refractivity contribution is -0.917. The lowest BCUT2D eigenvalue weighted by atomic mass is 10.1. The third-order valence-electron chi connectivity index (χ3n) is 4.63. The molecule has 0 bridgehead atoms. The summed E-state index contributed by atoms with van der Waals surface area (Å²) < 4.78 is 10.4. The second-order valence-corrected chi connectivity index (χ2v) is 8.14. The molecule has 0 saturated carbocycles. The number of nitrogens with zero attached hydrogens (tertiary/aromatic N) is 1. The number of hydrogen-bond donors (Lipinski definition) is 2. The number of aliphatic hydroxyl groups excluding tert-OH is 1. The van der Waals surface area contributed by atoms with Gasteiger partial charge >= 0.3 is 12.2 Å². The van der Waals surface area contributed by atoms with E-state index in [-0.39, 0.29) is 19.2 Å². The van der Waals surface area contributed by atoms with Gasteiger partial charge in [0, 0.05) is 6.42 Å². The van der Waals surface area contributed by atoms with Gasteiger partial charge in [0.2, 0.25) is 0 Å². The van der Waals surface area contributed by atoms with Crippen LogP contribution in [0, 0.1) is 0 Å². The fourth-order valence-electron chi connectivity index (χ4n) is 3.23. The summed E-state index contributed by atoms with van der Waals surface area (Å²) in [6.45, 7) is 7.29. The van der Waals surface area contributed by atoms with E-state index in [0.29, 0.717) is 12.8 Å². The molecule has 1 saturated heterocycles. The van der Waals surface area contributed by atoms with Crippen LogP contribution in [0.1, 0.15) is 52.5 Å². The highest BCUT2D eigenvalue weighted by Crippen LogP contribution is 2.25. The smallest absolute Gasteiger partial charge is 0.441 e. The van der Waals surface area contributed by atoms with Crippen LogP contribution in [0.5, 0.6) is 0 Å². The molecule has 1 aromatic rings. The Labute approximate surface area is 160 Å². The van der Waals surface area contributed by atoms with Crippen LogP contribution in [0.25, 0.3) is 0 Å². The first-order valence-corrected chi connectivity index (χ1v) is 9.41. The van der Waals surface area contributed by atoms with Gasteiger partial charge < -0.3 is 14.6 Å². The molecule has 1 fully saturated rings. The first-order chi connectivity index (χ1) is 12.6. The van der Waals surface area contributed by atoms with Crippen LogP contribution in [-0.4, -0.2) is 46.2 Å². The van der Waals surface area contributed by atoms with Gasteiger partial charge in [-0.2, -0.15) is 10.2 Å². The summed E-state index contributed by atoms with van der Waals surface area (Å²) in [7, 11) is 0. The molecule has 0 aromatic heterocycles. The van der Waals surface area contributed by atoms with Crippen molar-refractivity contribution in [3.8, 4) is 0 Å². The number of likely N-dealkylation sites (tertiary alicyclic amines) is 1. The number of hydrogen-bond acceptors (Lipinski definition) is 5. The van der Waals surface area contributed by atoms with Gasteiger partial charge in [0.25, 0.3) is 0 Å². The van der Waals surface area contributed by atoms with Crippen molar-refractivity contribution in [3.05, 3.63) is 35.9 Å². The van der Waals surface area contributed by atoms with Crippen molar-refractivity contribution in [1.82, 2.24) is 5.43 Å². The van der Waals surface area contributed by atoms with Gasteiger partial charge in [-0.3, -0.25) is 0 Å². The van der Waals surface area contributed by atoms with Gasteiger partial charge in [0.05, 0.1) is 0 Å². The quantitative estimate of drug-likeness (QED) is 0.768. The molecule has 3 atom stereocenters. The third kappa shape index (κ3) is 5.94. The molecule has 1 aromatic carbocycles. The molecule has 2 N–H and O–H groups in total. The molecule has 2 amide bonds. The molecule has 1 heterocycles. The van der Waals surface area contributed by atoms with Crippen molar-refractivity contribution in [3.63, 3.8) is 0 Å². The number of carbonyl (C=O) groups is 2. The average Bonchev–Trinajstić information content (AvgIpc) is 2.71. The summed E-state index contributed by atoms with van der Waals surface area (Å²) in [6.07, 6.45) is -0.00314. The molecular weight excluding hydrogens is 348 g/mol. The fourth-order valence-corrected chi connectivity index (χ4v) is 3.23. The molecule has 1 aliphatic heterocycles. The standard InChI is InChI=1S/C20H30N2O5/c1-15-9-8-12-17(23)13-22(15,21-18(24)27-20(2,3)4)19(25)26-14-16-10-6-5-7-11-16/h5-7,10-11,15,17,23H,8-9,12-14H2,1-4H3/p+1/t15-,17+,22?/m1/s1. The van der Waals surface area contributed by atoms with Crippen molar-refractivity contribution in [1.29, 1.82) is 0 Å². The van der Waals surface area contributed by atoms with Crippen LogP contribution in [0.3, 0.4) is 0 Å². The van der Waals surface area contributed by atoms with E-state index in [1.54, 1.807) is 20.8 Å². The van der Waals surface area contributed by atoms with E-state index in [1.807, 2.05) is 37.3 Å². The van der Waals surface area contributed by atoms with Gasteiger partial charge in [0.1, 0.15) is 30.9 Å². The number of quaternary nitrogens is 1. The Bertz CT molecular complexity index is 644. The lowest BCUT2D eigenvalue weighted by Crippen LogP contribution is -2.69. The summed E-state index contributed by atoms with van der Waals surface area (Å²) >= 11 is 0. The zero-order valence-corrected chi connectivity index (χ0v) is 16.6. The first-order valence-electron chi connectivity index (χ1n) is 9.41. The molecule has 0 aliphatic carbocycles. The Kier molecular flexibility index (Phi) is 6.84. The van der Waals surface area contributed by atoms with Crippen molar-refractivity contribution in [2.45, 2.75) is 71.3 Å². The Morgan fingerprint density at radius 3 is 2.52 bits per heavy atom. The summed E-state index contributed by atoms with van der Waals surface area (Å²) in [5, 5.41) is 10.3. The van der Waals surface area contributed by atoms with Gasteiger partial charge in [-0.15, -0.1) is 4.59 Å². The second-order valence-electron chi connectivity index (χ2n) is 8.14. The number of nitrogens with one attached hydrogen (secondary N) is 1. The average molecular weight is 379 g/mol. The number of aliphatic hydroxyl groups is 1. The number of ether oxygens (including phenoxy) is 2. The third-order valence-corrected chi connectivity index (χ3v) is 4.63. The van der Waals surface area contributed by atoms with Crippen LogP contribution in [0.4, 0.5) is 9.59 Å². The summed E-state index contributed by atoms with van der Waals surface area (Å²) in [5.41, 5.74) is 2.84. The maximum Gasteiger partial charge on any atom is 0.542 e. The van der Waals surface area contributed by atoms with Crippen LogP contribution in [-0.2, 0) is 16.1 Å². The van der Waals surface area contributed by atoms with E-state index in [9.17, 15) is 14.7 Å². The largest absolute Gasteiger partial charge is 0.542 e. The molecule has 150 valence electrons. The van der Waals surface area contributed by atoms with Crippen molar-refractivity contribution >= 4 is 12.2 Å². The lowest BCUT2D eigenvalue weighted by Gasteiger charge is -2.37. The van der Waals surface area contributed by atoms with Gasteiger partial charge in [-0.1, -0.05) is 30.3 Å². The Balaban J connectivity index is 2.22. The number of rotatable bonds is 2. The molecule has 7 heteroatoms. The SMILES string of the molecule is C[C@@H]1CCC[C@H](O)C[N+]1(NC(=O)OC(C)(C)C)C(=O)OCc1ccccc1. The highest BCUT2D eigenvalue weighted by Gasteiger charge is 2.50. The van der Waals surface area contributed by atoms with Gasteiger partial charge in [0.15, 0.2) is 0 Å². The second kappa shape index (κ2) is 8.71. The van der Waals surface area contributed by atoms with Crippen molar-refractivity contribution in [2.75, 3.05) is 6.54 Å². The van der Waals surface area contributed by atoms with Crippen LogP contribution < -0.4 is 5.43 Å². The van der Waals surface area contributed by atoms with E-state index < -0.39 is 28.5 Å². The molecule has 1 unspecified atom stereocenters. The number of carbonyl (C=O) groups excluding carboxylic acids is 2. The zero-order chi connectivity index (χ0) is 20.1. The molecule has 7 nitrogen and oxygen atoms in total. The monoisotopic (exact) mass is 379 g/mol. The molecule has 1 aliphatic rings. The van der Waals surface area contributed by atoms with Crippen LogP contribution in [0.15, 0.2) is 30.3 Å². The van der Waals surface area contributed by atoms with E-state index >= 15 is 0 Å². The van der Waals surface area contributed by atoms with Gasteiger partial charge in [-0.25, -0.2) is 4.79 Å². The highest BCUT2D eigenvalue weighted by atomic mass is 16.6. The summed E-state index contributed by atoms with van der Waals surface area (Å²) in [6, 6.07) is 9.09. The predicted molar refractivity (Wildman–Crippen MR) is 100 cm³/mol. The van der Waals surface area contributed by atoms with Crippen molar-refractivity contribution in [2.24, 2.45) is 0 Å². The summed E-state index contributed by atoms with van der Waals surface area (Å²) in [4.78, 5) is 25.5. The normalized spacial score (nSPS) is 26.0. The maximum atomic E-state index is 13.1. The molecule has 0 radical (unpaired) electrons. The fraction of sp³-hybridized carbons (Fsp3) is 0.600. The molecule has 2 rings (SSSR count). The Hall–Kier alpha value is -2.12. The van der Waals surface area contributed by atoms with Crippen molar-refractivity contribution < 1.29 is 28.8 Å². The Morgan fingerprint density at radius 2 is 1.89 bits per heavy atom. The minimum absolute atomic E-state index is 0.0496. The topological polar surface area (TPSA) is 84.9 Å². The van der Waals surface area contributed by atoms with Crippen LogP contribution in [0.2, 0.25) is 0 Å². The summed E-state index contributed by atoms with van der Waals surface area (Å²) in [5.74, 6) is 0. The predicted octanol–water partition coefficient (Wildman–Crippen LogP) is 3.51. The van der Waals surface area contributed by atoms with E-state index in [1.165, 1.54) is 0 Å². The minimum atomic E-state index is -0.714. The molecule has 27 heavy (non-hydrogen) atoms. The van der Waals surface area contributed by atoms with Gasteiger partial charge in [-0.05, 0) is 46.1 Å². The zero-order valence-electron chi connectivity index (χ0n) is 16.6. The first kappa shape index (κ1) is 21.2. The van der Waals surface area contributed by atoms with E-state index in [4.69, 9.17) is 9.47 Å². The maximum absolute atomic E-state index is 13.1.